The molecule has 1 atom stereocenters. The number of nitrogens with one attached hydrogen (secondary N) is 1. The lowest BCUT2D eigenvalue weighted by Crippen LogP contribution is -2.23. The summed E-state index contributed by atoms with van der Waals surface area (Å²) in [6.45, 7) is 0. The molecule has 0 radical (unpaired) electrons. The molecule has 1 aliphatic rings. The van der Waals surface area contributed by atoms with Crippen molar-refractivity contribution in [1.82, 2.24) is 0 Å². The van der Waals surface area contributed by atoms with Crippen LogP contribution in [0, 0.1) is 0 Å². The fourth-order valence-electron chi connectivity index (χ4n) is 1.60. The number of rotatable bonds is 2. The molecule has 1 fully saturated rings. The third-order valence-electron chi connectivity index (χ3n) is 2.43. The summed E-state index contributed by atoms with van der Waals surface area (Å²) < 4.78 is 0.744. The minimum Gasteiger partial charge on any atom is -0.324 e. The van der Waals surface area contributed by atoms with E-state index in [1.807, 2.05) is 12.1 Å². The Morgan fingerprint density at radius 1 is 1.56 bits per heavy atom. The first kappa shape index (κ1) is 12.3. The molecule has 2 rings (SSSR count). The smallest absolute Gasteiger partial charge is 0.237 e. The maximum Gasteiger partial charge on any atom is 0.237 e. The van der Waals surface area contributed by atoms with Gasteiger partial charge in [-0.2, -0.15) is 0 Å². The summed E-state index contributed by atoms with van der Waals surface area (Å²) in [4.78, 5) is 11.9. The van der Waals surface area contributed by atoms with Crippen molar-refractivity contribution in [1.29, 1.82) is 0 Å². The van der Waals surface area contributed by atoms with Crippen LogP contribution in [0.2, 0.25) is 5.02 Å². The highest BCUT2D eigenvalue weighted by atomic mass is 79.9. The molecule has 86 valence electrons. The molecule has 0 bridgehead atoms. The Hall–Kier alpha value is -0.190. The second-order valence-corrected chi connectivity index (χ2v) is 6.10. The van der Waals surface area contributed by atoms with E-state index in [0.29, 0.717) is 5.02 Å². The Balaban J connectivity index is 2.08. The standard InChI is InChI=1S/C11H11BrClNOS/c12-10-7(13)3-1-4-8(10)14-11(15)9-5-2-6-16-9/h1,3-4,9H,2,5-6H2,(H,14,15). The fraction of sp³-hybridized carbons (Fsp3) is 0.364. The number of anilines is 1. The Morgan fingerprint density at radius 3 is 3.06 bits per heavy atom. The minimum absolute atomic E-state index is 0.0745. The predicted molar refractivity (Wildman–Crippen MR) is 73.3 cm³/mol. The molecule has 1 aliphatic heterocycles. The fourth-order valence-corrected chi connectivity index (χ4v) is 3.30. The largest absolute Gasteiger partial charge is 0.324 e. The van der Waals surface area contributed by atoms with Gasteiger partial charge in [-0.3, -0.25) is 4.79 Å². The first-order valence-electron chi connectivity index (χ1n) is 5.05. The van der Waals surface area contributed by atoms with Gasteiger partial charge < -0.3 is 5.32 Å². The van der Waals surface area contributed by atoms with Crippen molar-refractivity contribution < 1.29 is 4.79 Å². The van der Waals surface area contributed by atoms with Gasteiger partial charge in [-0.1, -0.05) is 17.7 Å². The molecule has 1 aromatic rings. The molecule has 1 N–H and O–H groups in total. The van der Waals surface area contributed by atoms with Crippen LogP contribution in [0.25, 0.3) is 0 Å². The van der Waals surface area contributed by atoms with Gasteiger partial charge in [0.1, 0.15) is 0 Å². The zero-order valence-electron chi connectivity index (χ0n) is 8.50. The molecule has 1 unspecified atom stereocenters. The summed E-state index contributed by atoms with van der Waals surface area (Å²) in [6, 6.07) is 5.45. The monoisotopic (exact) mass is 319 g/mol. The van der Waals surface area contributed by atoms with Crippen molar-refractivity contribution in [3.63, 3.8) is 0 Å². The van der Waals surface area contributed by atoms with Crippen molar-refractivity contribution in [2.75, 3.05) is 11.1 Å². The quantitative estimate of drug-likeness (QED) is 0.894. The number of carbonyl (C=O) groups is 1. The van der Waals surface area contributed by atoms with E-state index in [-0.39, 0.29) is 11.2 Å². The number of amides is 1. The van der Waals surface area contributed by atoms with Crippen molar-refractivity contribution in [3.8, 4) is 0 Å². The Morgan fingerprint density at radius 2 is 2.38 bits per heavy atom. The summed E-state index contributed by atoms with van der Waals surface area (Å²) in [7, 11) is 0. The molecule has 0 spiro atoms. The van der Waals surface area contributed by atoms with Gasteiger partial charge in [-0.05, 0) is 46.7 Å². The molecular weight excluding hydrogens is 310 g/mol. The number of halogens is 2. The maximum atomic E-state index is 11.9. The predicted octanol–water partition coefficient (Wildman–Crippen LogP) is 3.94. The van der Waals surface area contributed by atoms with E-state index in [0.717, 1.165) is 28.8 Å². The molecule has 2 nitrogen and oxygen atoms in total. The van der Waals surface area contributed by atoms with Gasteiger partial charge >= 0.3 is 0 Å². The Labute approximate surface area is 112 Å². The molecule has 1 saturated heterocycles. The van der Waals surface area contributed by atoms with Crippen LogP contribution in [0.3, 0.4) is 0 Å². The molecule has 1 aromatic carbocycles. The second kappa shape index (κ2) is 5.43. The number of thioether (sulfide) groups is 1. The van der Waals surface area contributed by atoms with Crippen molar-refractivity contribution in [3.05, 3.63) is 27.7 Å². The molecule has 0 aliphatic carbocycles. The number of hydrogen-bond donors (Lipinski definition) is 1. The molecule has 5 heteroatoms. The van der Waals surface area contributed by atoms with Gasteiger partial charge in [0.2, 0.25) is 5.91 Å². The summed E-state index contributed by atoms with van der Waals surface area (Å²) in [5.41, 5.74) is 0.741. The SMILES string of the molecule is O=C(Nc1cccc(Cl)c1Br)C1CCCS1. The van der Waals surface area contributed by atoms with Gasteiger partial charge in [0, 0.05) is 0 Å². The highest BCUT2D eigenvalue weighted by Crippen LogP contribution is 2.32. The topological polar surface area (TPSA) is 29.1 Å². The van der Waals surface area contributed by atoms with Crippen molar-refractivity contribution >= 4 is 50.9 Å². The minimum atomic E-state index is 0.0745. The number of hydrogen-bond acceptors (Lipinski definition) is 2. The van der Waals surface area contributed by atoms with E-state index >= 15 is 0 Å². The van der Waals surface area contributed by atoms with E-state index in [1.54, 1.807) is 17.8 Å². The van der Waals surface area contributed by atoms with Gasteiger partial charge in [0.05, 0.1) is 20.4 Å². The van der Waals surface area contributed by atoms with Gasteiger partial charge in [-0.15, -0.1) is 11.8 Å². The van der Waals surface area contributed by atoms with Crippen LogP contribution in [0.4, 0.5) is 5.69 Å². The van der Waals surface area contributed by atoms with Crippen LogP contribution in [0.1, 0.15) is 12.8 Å². The third kappa shape index (κ3) is 2.73. The summed E-state index contributed by atoms with van der Waals surface area (Å²) >= 11 is 11.0. The van der Waals surface area contributed by atoms with Crippen LogP contribution in [0.5, 0.6) is 0 Å². The molecule has 1 amide bonds. The normalized spacial score (nSPS) is 19.8. The zero-order valence-corrected chi connectivity index (χ0v) is 11.7. The first-order valence-corrected chi connectivity index (χ1v) is 7.27. The molecule has 0 saturated carbocycles. The second-order valence-electron chi connectivity index (χ2n) is 3.59. The van der Waals surface area contributed by atoms with Crippen LogP contribution in [-0.2, 0) is 4.79 Å². The van der Waals surface area contributed by atoms with E-state index in [4.69, 9.17) is 11.6 Å². The van der Waals surface area contributed by atoms with Crippen LogP contribution < -0.4 is 5.32 Å². The van der Waals surface area contributed by atoms with Crippen molar-refractivity contribution in [2.45, 2.75) is 18.1 Å². The molecular formula is C11H11BrClNOS. The summed E-state index contributed by atoms with van der Waals surface area (Å²) in [6.07, 6.45) is 2.09. The van der Waals surface area contributed by atoms with Gasteiger partial charge in [-0.25, -0.2) is 0 Å². The van der Waals surface area contributed by atoms with Crippen LogP contribution >= 0.6 is 39.3 Å². The average Bonchev–Trinajstić information content (AvgIpc) is 2.78. The van der Waals surface area contributed by atoms with Gasteiger partial charge in [0.25, 0.3) is 0 Å². The number of carbonyl (C=O) groups excluding carboxylic acids is 1. The van der Waals surface area contributed by atoms with Gasteiger partial charge in [0.15, 0.2) is 0 Å². The highest BCUT2D eigenvalue weighted by Gasteiger charge is 2.23. The highest BCUT2D eigenvalue weighted by molar-refractivity contribution is 9.10. The van der Waals surface area contributed by atoms with Crippen LogP contribution in [0.15, 0.2) is 22.7 Å². The van der Waals surface area contributed by atoms with E-state index in [1.165, 1.54) is 0 Å². The Kier molecular flexibility index (Phi) is 4.16. The molecule has 0 aromatic heterocycles. The van der Waals surface area contributed by atoms with E-state index in [2.05, 4.69) is 21.2 Å². The van der Waals surface area contributed by atoms with Crippen molar-refractivity contribution in [2.24, 2.45) is 0 Å². The lowest BCUT2D eigenvalue weighted by molar-refractivity contribution is -0.115. The average molecular weight is 321 g/mol. The third-order valence-corrected chi connectivity index (χ3v) is 5.21. The van der Waals surface area contributed by atoms with E-state index < -0.39 is 0 Å². The maximum absolute atomic E-state index is 11.9. The molecule has 1 heterocycles. The summed E-state index contributed by atoms with van der Waals surface area (Å²) in [5, 5.41) is 3.60. The summed E-state index contributed by atoms with van der Waals surface area (Å²) in [5.74, 6) is 1.15. The zero-order chi connectivity index (χ0) is 11.5. The number of benzene rings is 1. The first-order chi connectivity index (χ1) is 7.68. The lowest BCUT2D eigenvalue weighted by atomic mass is 10.2. The van der Waals surface area contributed by atoms with Crippen LogP contribution in [-0.4, -0.2) is 16.9 Å². The molecule has 16 heavy (non-hydrogen) atoms. The Bertz CT molecular complexity index is 407. The lowest BCUT2D eigenvalue weighted by Gasteiger charge is -2.11. The van der Waals surface area contributed by atoms with E-state index in [9.17, 15) is 4.79 Å².